The topological polar surface area (TPSA) is 66.5 Å². The standard InChI is InChI=1S/C14H13N5/c1-2-4-10-9(3-1)5-6-12(10)18-13-11-7-17-19-14(11)16-8-15-13/h1-4,7-8,12H,5-6H2,(H2,15,16,17,18,19). The van der Waals surface area contributed by atoms with Gasteiger partial charge >= 0.3 is 0 Å². The van der Waals surface area contributed by atoms with E-state index in [4.69, 9.17) is 0 Å². The Morgan fingerprint density at radius 3 is 3.16 bits per heavy atom. The van der Waals surface area contributed by atoms with Crippen LogP contribution in [-0.2, 0) is 6.42 Å². The average Bonchev–Trinajstić information content (AvgIpc) is 3.06. The van der Waals surface area contributed by atoms with Crippen LogP contribution in [0.1, 0.15) is 23.6 Å². The van der Waals surface area contributed by atoms with Crippen LogP contribution in [0.3, 0.4) is 0 Å². The van der Waals surface area contributed by atoms with Gasteiger partial charge in [0, 0.05) is 0 Å². The maximum Gasteiger partial charge on any atom is 0.160 e. The van der Waals surface area contributed by atoms with Gasteiger partial charge in [-0.25, -0.2) is 9.97 Å². The lowest BCUT2D eigenvalue weighted by atomic mass is 10.1. The number of H-pyrrole nitrogens is 1. The molecule has 94 valence electrons. The van der Waals surface area contributed by atoms with Crippen molar-refractivity contribution in [1.29, 1.82) is 0 Å². The Morgan fingerprint density at radius 1 is 1.21 bits per heavy atom. The number of aryl methyl sites for hydroxylation is 1. The molecule has 0 saturated carbocycles. The van der Waals surface area contributed by atoms with Crippen LogP contribution in [-0.4, -0.2) is 20.2 Å². The van der Waals surface area contributed by atoms with Crippen LogP contribution in [0.5, 0.6) is 0 Å². The zero-order valence-electron chi connectivity index (χ0n) is 10.3. The summed E-state index contributed by atoms with van der Waals surface area (Å²) in [6.45, 7) is 0. The fraction of sp³-hybridized carbons (Fsp3) is 0.214. The zero-order valence-corrected chi connectivity index (χ0v) is 10.3. The second-order valence-electron chi connectivity index (χ2n) is 4.79. The Labute approximate surface area is 110 Å². The van der Waals surface area contributed by atoms with Gasteiger partial charge in [-0.05, 0) is 24.0 Å². The van der Waals surface area contributed by atoms with E-state index in [1.807, 2.05) is 0 Å². The number of hydrogen-bond acceptors (Lipinski definition) is 4. The van der Waals surface area contributed by atoms with Crippen LogP contribution in [0, 0.1) is 0 Å². The molecule has 0 amide bonds. The summed E-state index contributed by atoms with van der Waals surface area (Å²) in [6, 6.07) is 8.90. The van der Waals surface area contributed by atoms with Crippen molar-refractivity contribution >= 4 is 16.9 Å². The van der Waals surface area contributed by atoms with Crippen LogP contribution in [0.15, 0.2) is 36.8 Å². The molecule has 5 heteroatoms. The summed E-state index contributed by atoms with van der Waals surface area (Å²) in [4.78, 5) is 8.48. The predicted molar refractivity (Wildman–Crippen MR) is 72.8 cm³/mol. The first-order valence-electron chi connectivity index (χ1n) is 6.40. The number of rotatable bonds is 2. The van der Waals surface area contributed by atoms with Crippen LogP contribution in [0.2, 0.25) is 0 Å². The quantitative estimate of drug-likeness (QED) is 0.734. The molecule has 4 rings (SSSR count). The lowest BCUT2D eigenvalue weighted by Gasteiger charge is -2.14. The number of hydrogen-bond donors (Lipinski definition) is 2. The minimum absolute atomic E-state index is 0.323. The molecule has 5 nitrogen and oxygen atoms in total. The van der Waals surface area contributed by atoms with Crippen molar-refractivity contribution in [2.24, 2.45) is 0 Å². The zero-order chi connectivity index (χ0) is 12.7. The van der Waals surface area contributed by atoms with E-state index in [0.29, 0.717) is 6.04 Å². The molecule has 0 saturated heterocycles. The van der Waals surface area contributed by atoms with Gasteiger partial charge in [0.25, 0.3) is 0 Å². The smallest absolute Gasteiger partial charge is 0.160 e. The summed E-state index contributed by atoms with van der Waals surface area (Å²) < 4.78 is 0. The van der Waals surface area contributed by atoms with Gasteiger partial charge in [0.2, 0.25) is 0 Å². The number of aromatic nitrogens is 4. The molecular weight excluding hydrogens is 238 g/mol. The Hall–Kier alpha value is -2.43. The van der Waals surface area contributed by atoms with E-state index in [1.54, 1.807) is 12.5 Å². The molecule has 2 aromatic heterocycles. The highest BCUT2D eigenvalue weighted by Gasteiger charge is 2.22. The number of anilines is 1. The second kappa shape index (κ2) is 4.05. The van der Waals surface area contributed by atoms with Gasteiger partial charge in [0.15, 0.2) is 5.65 Å². The van der Waals surface area contributed by atoms with E-state index >= 15 is 0 Å². The normalized spacial score (nSPS) is 17.6. The summed E-state index contributed by atoms with van der Waals surface area (Å²) in [5.74, 6) is 0.848. The van der Waals surface area contributed by atoms with E-state index in [1.165, 1.54) is 11.1 Å². The molecule has 0 bridgehead atoms. The SMILES string of the molecule is c1ccc2c(c1)CCC2Nc1ncnc2[nH]ncc12. The first-order chi connectivity index (χ1) is 9.42. The molecule has 1 aromatic carbocycles. The fourth-order valence-corrected chi connectivity index (χ4v) is 2.75. The van der Waals surface area contributed by atoms with Crippen molar-refractivity contribution in [1.82, 2.24) is 20.2 Å². The van der Waals surface area contributed by atoms with Crippen molar-refractivity contribution in [2.45, 2.75) is 18.9 Å². The maximum absolute atomic E-state index is 4.33. The summed E-state index contributed by atoms with van der Waals surface area (Å²) >= 11 is 0. The molecule has 1 aliphatic carbocycles. The molecule has 1 atom stereocenters. The summed E-state index contributed by atoms with van der Waals surface area (Å²) in [5, 5.41) is 11.3. The van der Waals surface area contributed by atoms with E-state index in [9.17, 15) is 0 Å². The van der Waals surface area contributed by atoms with Gasteiger partial charge in [0.05, 0.1) is 17.6 Å². The average molecular weight is 251 g/mol. The third-order valence-corrected chi connectivity index (χ3v) is 3.69. The first kappa shape index (κ1) is 10.5. The van der Waals surface area contributed by atoms with Crippen molar-refractivity contribution in [3.8, 4) is 0 Å². The molecule has 0 spiro atoms. The molecule has 19 heavy (non-hydrogen) atoms. The summed E-state index contributed by atoms with van der Waals surface area (Å²) in [7, 11) is 0. The minimum Gasteiger partial charge on any atom is -0.363 e. The predicted octanol–water partition coefficient (Wildman–Crippen LogP) is 2.45. The highest BCUT2D eigenvalue weighted by Crippen LogP contribution is 2.34. The van der Waals surface area contributed by atoms with Crippen LogP contribution >= 0.6 is 0 Å². The number of fused-ring (bicyclic) bond motifs is 2. The molecule has 1 aliphatic rings. The third-order valence-electron chi connectivity index (χ3n) is 3.69. The molecule has 3 aromatic rings. The lowest BCUT2D eigenvalue weighted by Crippen LogP contribution is -2.08. The van der Waals surface area contributed by atoms with Gasteiger partial charge < -0.3 is 5.32 Å². The van der Waals surface area contributed by atoms with Gasteiger partial charge in [-0.3, -0.25) is 5.10 Å². The molecule has 0 radical (unpaired) electrons. The van der Waals surface area contributed by atoms with Crippen LogP contribution in [0.25, 0.3) is 11.0 Å². The number of nitrogens with zero attached hydrogens (tertiary/aromatic N) is 3. The van der Waals surface area contributed by atoms with Gasteiger partial charge in [-0.15, -0.1) is 0 Å². The fourth-order valence-electron chi connectivity index (χ4n) is 2.75. The highest BCUT2D eigenvalue weighted by atomic mass is 15.2. The maximum atomic E-state index is 4.33. The molecule has 2 heterocycles. The van der Waals surface area contributed by atoms with Gasteiger partial charge in [0.1, 0.15) is 12.1 Å². The molecule has 0 aliphatic heterocycles. The number of benzene rings is 1. The molecular formula is C14H13N5. The van der Waals surface area contributed by atoms with E-state index < -0.39 is 0 Å². The molecule has 0 fully saturated rings. The largest absolute Gasteiger partial charge is 0.363 e. The molecule has 2 N–H and O–H groups in total. The van der Waals surface area contributed by atoms with Crippen molar-refractivity contribution in [2.75, 3.05) is 5.32 Å². The van der Waals surface area contributed by atoms with Crippen molar-refractivity contribution < 1.29 is 0 Å². The van der Waals surface area contributed by atoms with Crippen molar-refractivity contribution in [3.05, 3.63) is 47.9 Å². The van der Waals surface area contributed by atoms with Gasteiger partial charge in [-0.1, -0.05) is 24.3 Å². The van der Waals surface area contributed by atoms with E-state index in [-0.39, 0.29) is 0 Å². The Bertz CT molecular complexity index is 733. The summed E-state index contributed by atoms with van der Waals surface area (Å²) in [5.41, 5.74) is 3.57. The van der Waals surface area contributed by atoms with E-state index in [2.05, 4.69) is 49.7 Å². The van der Waals surface area contributed by atoms with Crippen molar-refractivity contribution in [3.63, 3.8) is 0 Å². The summed E-state index contributed by atoms with van der Waals surface area (Å²) in [6.07, 6.45) is 5.54. The Balaban J connectivity index is 1.71. The Kier molecular flexibility index (Phi) is 2.24. The van der Waals surface area contributed by atoms with E-state index in [0.717, 1.165) is 29.7 Å². The third kappa shape index (κ3) is 1.66. The first-order valence-corrected chi connectivity index (χ1v) is 6.40. The van der Waals surface area contributed by atoms with Gasteiger partial charge in [-0.2, -0.15) is 5.10 Å². The monoisotopic (exact) mass is 251 g/mol. The number of nitrogens with one attached hydrogen (secondary N) is 2. The van der Waals surface area contributed by atoms with Crippen LogP contribution < -0.4 is 5.32 Å². The minimum atomic E-state index is 0.323. The molecule has 1 unspecified atom stereocenters. The number of aromatic amines is 1. The lowest BCUT2D eigenvalue weighted by molar-refractivity contribution is 0.758. The Morgan fingerprint density at radius 2 is 2.16 bits per heavy atom. The van der Waals surface area contributed by atoms with Crippen LogP contribution in [0.4, 0.5) is 5.82 Å². The highest BCUT2D eigenvalue weighted by molar-refractivity contribution is 5.85. The second-order valence-corrected chi connectivity index (χ2v) is 4.79.